The number of carbonyl (C=O) groups is 3. The van der Waals surface area contributed by atoms with Crippen molar-refractivity contribution in [2.75, 3.05) is 18.5 Å². The molecule has 0 atom stereocenters. The van der Waals surface area contributed by atoms with Crippen LogP contribution in [0.25, 0.3) is 11.0 Å². The minimum absolute atomic E-state index is 0.00416. The molecule has 7 heteroatoms. The summed E-state index contributed by atoms with van der Waals surface area (Å²) in [5.74, 6) is -1.45. The highest BCUT2D eigenvalue weighted by molar-refractivity contribution is 5.96. The van der Waals surface area contributed by atoms with Gasteiger partial charge in [0.05, 0.1) is 19.2 Å². The van der Waals surface area contributed by atoms with Gasteiger partial charge in [0, 0.05) is 16.6 Å². The minimum Gasteiger partial charge on any atom is -0.464 e. The summed E-state index contributed by atoms with van der Waals surface area (Å²) in [6, 6.07) is 9.67. The first-order chi connectivity index (χ1) is 14.7. The molecule has 162 valence electrons. The molecule has 0 radical (unpaired) electrons. The van der Waals surface area contributed by atoms with Gasteiger partial charge in [-0.3, -0.25) is 14.4 Å². The summed E-state index contributed by atoms with van der Waals surface area (Å²) in [7, 11) is 0. The second kappa shape index (κ2) is 9.47. The highest BCUT2D eigenvalue weighted by Crippen LogP contribution is 2.23. The Balaban J connectivity index is 1.44. The number of hydrogen-bond acceptors (Lipinski definition) is 5. The van der Waals surface area contributed by atoms with Crippen LogP contribution in [0.3, 0.4) is 0 Å². The van der Waals surface area contributed by atoms with Crippen molar-refractivity contribution in [2.24, 2.45) is 0 Å². The van der Waals surface area contributed by atoms with Crippen molar-refractivity contribution in [1.29, 1.82) is 0 Å². The van der Waals surface area contributed by atoms with Crippen LogP contribution in [0.4, 0.5) is 5.69 Å². The Morgan fingerprint density at radius 2 is 1.65 bits per heavy atom. The minimum atomic E-state index is -0.548. The van der Waals surface area contributed by atoms with E-state index in [1.165, 1.54) is 6.26 Å². The van der Waals surface area contributed by atoms with Gasteiger partial charge in [0.15, 0.2) is 6.61 Å². The topological polar surface area (TPSA) is 97.6 Å². The highest BCUT2D eigenvalue weighted by atomic mass is 16.5. The molecule has 7 nitrogen and oxygen atoms in total. The average molecular weight is 422 g/mol. The molecule has 3 rings (SSSR count). The number of anilines is 1. The molecule has 1 aromatic heterocycles. The van der Waals surface area contributed by atoms with Gasteiger partial charge in [-0.15, -0.1) is 0 Å². The summed E-state index contributed by atoms with van der Waals surface area (Å²) < 4.78 is 10.5. The van der Waals surface area contributed by atoms with E-state index in [1.807, 2.05) is 58.0 Å². The van der Waals surface area contributed by atoms with E-state index in [9.17, 15) is 14.4 Å². The molecule has 0 saturated carbocycles. The molecule has 2 N–H and O–H groups in total. The van der Waals surface area contributed by atoms with E-state index in [0.717, 1.165) is 33.3 Å². The zero-order chi connectivity index (χ0) is 22.5. The lowest BCUT2D eigenvalue weighted by Gasteiger charge is -2.13. The number of furan rings is 1. The first-order valence-electron chi connectivity index (χ1n) is 9.99. The predicted molar refractivity (Wildman–Crippen MR) is 118 cm³/mol. The Labute approximate surface area is 180 Å². The second-order valence-corrected chi connectivity index (χ2v) is 7.70. The molecule has 1 heterocycles. The maximum atomic E-state index is 12.2. The fraction of sp³-hybridized carbons (Fsp3) is 0.292. The van der Waals surface area contributed by atoms with Gasteiger partial charge in [-0.1, -0.05) is 29.8 Å². The van der Waals surface area contributed by atoms with Crippen molar-refractivity contribution in [3.05, 3.63) is 64.4 Å². The van der Waals surface area contributed by atoms with Crippen LogP contribution < -0.4 is 10.6 Å². The van der Waals surface area contributed by atoms with Crippen molar-refractivity contribution in [1.82, 2.24) is 5.32 Å². The fourth-order valence-corrected chi connectivity index (χ4v) is 3.47. The standard InChI is InChI=1S/C24H26N2O5/c1-14-5-6-19-18(12-30-20(19)9-14)10-23(29)31-13-22(28)25-11-21(27)26-24-16(3)7-15(2)8-17(24)4/h5-9,12H,10-11,13H2,1-4H3,(H,25,28)(H,26,27). The van der Waals surface area contributed by atoms with Crippen LogP contribution in [0, 0.1) is 27.7 Å². The maximum absolute atomic E-state index is 12.2. The summed E-state index contributed by atoms with van der Waals surface area (Å²) in [6.45, 7) is 7.11. The van der Waals surface area contributed by atoms with E-state index in [-0.39, 0.29) is 18.9 Å². The SMILES string of the molecule is Cc1cc(C)c(NC(=O)CNC(=O)COC(=O)Cc2coc3cc(C)ccc23)c(C)c1. The summed E-state index contributed by atoms with van der Waals surface area (Å²) in [4.78, 5) is 36.2. The van der Waals surface area contributed by atoms with Gasteiger partial charge in [-0.2, -0.15) is 0 Å². The zero-order valence-corrected chi connectivity index (χ0v) is 18.1. The van der Waals surface area contributed by atoms with Gasteiger partial charge in [0.25, 0.3) is 5.91 Å². The van der Waals surface area contributed by atoms with E-state index in [2.05, 4.69) is 10.6 Å². The quantitative estimate of drug-likeness (QED) is 0.568. The third kappa shape index (κ3) is 5.72. The zero-order valence-electron chi connectivity index (χ0n) is 18.1. The van der Waals surface area contributed by atoms with Crippen LogP contribution in [0.15, 0.2) is 41.0 Å². The van der Waals surface area contributed by atoms with E-state index >= 15 is 0 Å². The van der Waals surface area contributed by atoms with Gasteiger partial charge < -0.3 is 19.8 Å². The average Bonchev–Trinajstić information content (AvgIpc) is 3.09. The van der Waals surface area contributed by atoms with E-state index < -0.39 is 18.5 Å². The van der Waals surface area contributed by atoms with Crippen molar-refractivity contribution in [3.8, 4) is 0 Å². The number of carbonyl (C=O) groups excluding carboxylic acids is 3. The molecule has 0 fully saturated rings. The van der Waals surface area contributed by atoms with Crippen LogP contribution in [-0.4, -0.2) is 30.9 Å². The Kier molecular flexibility index (Phi) is 6.74. The first kappa shape index (κ1) is 22.1. The van der Waals surface area contributed by atoms with Crippen molar-refractivity contribution in [3.63, 3.8) is 0 Å². The predicted octanol–water partition coefficient (Wildman–Crippen LogP) is 3.51. The van der Waals surface area contributed by atoms with Gasteiger partial charge in [0.2, 0.25) is 5.91 Å². The molecule has 0 aliphatic heterocycles. The van der Waals surface area contributed by atoms with Crippen LogP contribution in [0.2, 0.25) is 0 Å². The molecule has 0 bridgehead atoms. The molecule has 2 amide bonds. The van der Waals surface area contributed by atoms with Crippen LogP contribution in [0.1, 0.15) is 27.8 Å². The monoisotopic (exact) mass is 422 g/mol. The summed E-state index contributed by atoms with van der Waals surface area (Å²) in [5, 5.41) is 6.10. The lowest BCUT2D eigenvalue weighted by Crippen LogP contribution is -2.36. The lowest BCUT2D eigenvalue weighted by molar-refractivity contribution is -0.147. The Morgan fingerprint density at radius 1 is 0.935 bits per heavy atom. The van der Waals surface area contributed by atoms with Crippen LogP contribution >= 0.6 is 0 Å². The molecule has 3 aromatic rings. The summed E-state index contributed by atoms with van der Waals surface area (Å²) >= 11 is 0. The maximum Gasteiger partial charge on any atom is 0.310 e. The summed E-state index contributed by atoms with van der Waals surface area (Å²) in [6.07, 6.45) is 1.51. The van der Waals surface area contributed by atoms with Gasteiger partial charge >= 0.3 is 5.97 Å². The largest absolute Gasteiger partial charge is 0.464 e. The highest BCUT2D eigenvalue weighted by Gasteiger charge is 2.14. The molecule has 0 saturated heterocycles. The number of aryl methyl sites for hydroxylation is 4. The third-order valence-corrected chi connectivity index (χ3v) is 4.90. The fourth-order valence-electron chi connectivity index (χ4n) is 3.47. The molecule has 2 aromatic carbocycles. The normalized spacial score (nSPS) is 10.7. The van der Waals surface area contributed by atoms with Gasteiger partial charge in [-0.25, -0.2) is 0 Å². The number of fused-ring (bicyclic) bond motifs is 1. The Bertz CT molecular complexity index is 1120. The molecular formula is C24H26N2O5. The number of ether oxygens (including phenoxy) is 1. The van der Waals surface area contributed by atoms with Crippen LogP contribution in [-0.2, 0) is 25.5 Å². The Morgan fingerprint density at radius 3 is 2.35 bits per heavy atom. The van der Waals surface area contributed by atoms with E-state index in [1.54, 1.807) is 0 Å². The number of rotatable bonds is 7. The first-order valence-corrected chi connectivity index (χ1v) is 9.99. The molecule has 0 aliphatic carbocycles. The molecule has 0 spiro atoms. The smallest absolute Gasteiger partial charge is 0.310 e. The lowest BCUT2D eigenvalue weighted by atomic mass is 10.1. The van der Waals surface area contributed by atoms with Crippen molar-refractivity contribution < 1.29 is 23.5 Å². The molecule has 0 aliphatic rings. The van der Waals surface area contributed by atoms with Gasteiger partial charge in [0.1, 0.15) is 5.58 Å². The number of hydrogen-bond donors (Lipinski definition) is 2. The molecule has 31 heavy (non-hydrogen) atoms. The summed E-state index contributed by atoms with van der Waals surface area (Å²) in [5.41, 5.74) is 6.21. The van der Waals surface area contributed by atoms with Crippen LogP contribution in [0.5, 0.6) is 0 Å². The Hall–Kier alpha value is -3.61. The number of nitrogens with one attached hydrogen (secondary N) is 2. The van der Waals surface area contributed by atoms with Crippen molar-refractivity contribution in [2.45, 2.75) is 34.1 Å². The molecular weight excluding hydrogens is 396 g/mol. The number of esters is 1. The number of benzene rings is 2. The second-order valence-electron chi connectivity index (χ2n) is 7.70. The number of amides is 2. The van der Waals surface area contributed by atoms with Gasteiger partial charge in [-0.05, 0) is 50.5 Å². The van der Waals surface area contributed by atoms with Crippen molar-refractivity contribution >= 4 is 34.4 Å². The molecule has 0 unspecified atom stereocenters. The van der Waals surface area contributed by atoms with E-state index in [0.29, 0.717) is 11.1 Å². The third-order valence-electron chi connectivity index (χ3n) is 4.90. The van der Waals surface area contributed by atoms with E-state index in [4.69, 9.17) is 9.15 Å².